The Morgan fingerprint density at radius 1 is 1.13 bits per heavy atom. The molecule has 0 amide bonds. The zero-order valence-electron chi connectivity index (χ0n) is 7.90. The highest BCUT2D eigenvalue weighted by Gasteiger charge is 2.04. The second-order valence-corrected chi connectivity index (χ2v) is 3.52. The third-order valence-corrected chi connectivity index (χ3v) is 2.57. The molecule has 0 aliphatic carbocycles. The summed E-state index contributed by atoms with van der Waals surface area (Å²) >= 11 is 0. The Kier molecular flexibility index (Phi) is 1.42. The number of hydrogen-bond acceptors (Lipinski definition) is 2. The van der Waals surface area contributed by atoms with Crippen molar-refractivity contribution in [2.24, 2.45) is 0 Å². The van der Waals surface area contributed by atoms with Gasteiger partial charge in [0.1, 0.15) is 0 Å². The fraction of sp³-hybridized carbons (Fsp3) is 0. The maximum Gasteiger partial charge on any atom is 0.269 e. The molecule has 4 nitrogen and oxygen atoms in total. The van der Waals surface area contributed by atoms with Gasteiger partial charge in [-0.2, -0.15) is 0 Å². The molecule has 0 aliphatic rings. The van der Waals surface area contributed by atoms with Crippen LogP contribution in [0.25, 0.3) is 21.8 Å². The SMILES string of the molecule is Nn1cc2[nH]c3ccccc3c2cc1=O. The zero-order chi connectivity index (χ0) is 10.4. The first-order chi connectivity index (χ1) is 7.25. The highest BCUT2D eigenvalue weighted by atomic mass is 16.1. The third-order valence-electron chi connectivity index (χ3n) is 2.57. The molecule has 0 aliphatic heterocycles. The average Bonchev–Trinajstić information content (AvgIpc) is 2.57. The van der Waals surface area contributed by atoms with E-state index in [0.29, 0.717) is 0 Å². The van der Waals surface area contributed by atoms with Crippen LogP contribution in [0, 0.1) is 0 Å². The van der Waals surface area contributed by atoms with Crippen molar-refractivity contribution in [2.45, 2.75) is 0 Å². The van der Waals surface area contributed by atoms with E-state index < -0.39 is 0 Å². The smallest absolute Gasteiger partial charge is 0.269 e. The number of aromatic nitrogens is 2. The van der Waals surface area contributed by atoms with Crippen LogP contribution in [0.5, 0.6) is 0 Å². The Morgan fingerprint density at radius 3 is 2.80 bits per heavy atom. The highest BCUT2D eigenvalue weighted by Crippen LogP contribution is 2.22. The van der Waals surface area contributed by atoms with E-state index in [1.807, 2.05) is 24.3 Å². The standard InChI is InChI=1S/C11H9N3O/c12-14-6-10-8(5-11(14)15)7-3-1-2-4-9(7)13-10/h1-6,13H,12H2. The van der Waals surface area contributed by atoms with E-state index in [-0.39, 0.29) is 5.56 Å². The molecular weight excluding hydrogens is 190 g/mol. The molecule has 1 aromatic carbocycles. The highest BCUT2D eigenvalue weighted by molar-refractivity contribution is 6.06. The van der Waals surface area contributed by atoms with Crippen LogP contribution < -0.4 is 11.4 Å². The summed E-state index contributed by atoms with van der Waals surface area (Å²) in [7, 11) is 0. The minimum Gasteiger partial charge on any atom is -0.353 e. The molecule has 3 rings (SSSR count). The van der Waals surface area contributed by atoms with E-state index in [1.165, 1.54) is 0 Å². The van der Waals surface area contributed by atoms with Gasteiger partial charge in [0.25, 0.3) is 5.56 Å². The number of fused-ring (bicyclic) bond motifs is 3. The summed E-state index contributed by atoms with van der Waals surface area (Å²) in [5.74, 6) is 5.49. The first-order valence-electron chi connectivity index (χ1n) is 4.64. The molecule has 4 heteroatoms. The predicted molar refractivity (Wildman–Crippen MR) is 60.2 cm³/mol. The lowest BCUT2D eigenvalue weighted by Gasteiger charge is -1.95. The Labute approximate surface area is 84.9 Å². The lowest BCUT2D eigenvalue weighted by Crippen LogP contribution is -2.25. The summed E-state index contributed by atoms with van der Waals surface area (Å²) in [6.07, 6.45) is 1.61. The minimum atomic E-state index is -0.202. The molecule has 0 saturated heterocycles. The van der Waals surface area contributed by atoms with Crippen molar-refractivity contribution in [3.05, 3.63) is 46.9 Å². The van der Waals surface area contributed by atoms with Gasteiger partial charge in [-0.05, 0) is 6.07 Å². The number of nitrogens with zero attached hydrogens (tertiary/aromatic N) is 1. The van der Waals surface area contributed by atoms with E-state index in [1.54, 1.807) is 12.3 Å². The van der Waals surface area contributed by atoms with E-state index >= 15 is 0 Å². The summed E-state index contributed by atoms with van der Waals surface area (Å²) in [5.41, 5.74) is 1.68. The van der Waals surface area contributed by atoms with Crippen molar-refractivity contribution in [1.82, 2.24) is 9.66 Å². The van der Waals surface area contributed by atoms with Crippen LogP contribution >= 0.6 is 0 Å². The maximum atomic E-state index is 11.4. The Balaban J connectivity index is 2.61. The van der Waals surface area contributed by atoms with E-state index in [2.05, 4.69) is 4.98 Å². The average molecular weight is 199 g/mol. The largest absolute Gasteiger partial charge is 0.353 e. The van der Waals surface area contributed by atoms with Crippen LogP contribution in [0.1, 0.15) is 0 Å². The molecule has 0 spiro atoms. The van der Waals surface area contributed by atoms with Gasteiger partial charge in [-0.1, -0.05) is 18.2 Å². The number of benzene rings is 1. The second-order valence-electron chi connectivity index (χ2n) is 3.52. The van der Waals surface area contributed by atoms with Crippen molar-refractivity contribution in [1.29, 1.82) is 0 Å². The molecular formula is C11H9N3O. The lowest BCUT2D eigenvalue weighted by molar-refractivity contribution is 0.948. The van der Waals surface area contributed by atoms with Gasteiger partial charge in [0.15, 0.2) is 0 Å². The Bertz CT molecular complexity index is 708. The van der Waals surface area contributed by atoms with Crippen LogP contribution in [-0.4, -0.2) is 9.66 Å². The Morgan fingerprint density at radius 2 is 1.93 bits per heavy atom. The summed E-state index contributed by atoms with van der Waals surface area (Å²) in [6, 6.07) is 9.40. The first kappa shape index (κ1) is 8.11. The Hall–Kier alpha value is -2.23. The van der Waals surface area contributed by atoms with Crippen molar-refractivity contribution in [3.8, 4) is 0 Å². The first-order valence-corrected chi connectivity index (χ1v) is 4.64. The quantitative estimate of drug-likeness (QED) is 0.534. The third kappa shape index (κ3) is 1.05. The van der Waals surface area contributed by atoms with Crippen LogP contribution in [0.4, 0.5) is 0 Å². The van der Waals surface area contributed by atoms with Gasteiger partial charge in [-0.3, -0.25) is 4.79 Å². The topological polar surface area (TPSA) is 63.8 Å². The van der Waals surface area contributed by atoms with E-state index in [9.17, 15) is 4.79 Å². The molecule has 74 valence electrons. The van der Waals surface area contributed by atoms with Crippen molar-refractivity contribution in [3.63, 3.8) is 0 Å². The zero-order valence-corrected chi connectivity index (χ0v) is 7.90. The van der Waals surface area contributed by atoms with Gasteiger partial charge in [0.2, 0.25) is 0 Å². The number of hydrogen-bond donors (Lipinski definition) is 2. The number of nitrogens with one attached hydrogen (secondary N) is 1. The fourth-order valence-electron chi connectivity index (χ4n) is 1.84. The number of aromatic amines is 1. The summed E-state index contributed by atoms with van der Waals surface area (Å²) < 4.78 is 1.08. The molecule has 15 heavy (non-hydrogen) atoms. The molecule has 0 radical (unpaired) electrons. The molecule has 0 unspecified atom stereocenters. The molecule has 3 aromatic rings. The van der Waals surface area contributed by atoms with Crippen LogP contribution in [-0.2, 0) is 0 Å². The van der Waals surface area contributed by atoms with Crippen LogP contribution in [0.3, 0.4) is 0 Å². The van der Waals surface area contributed by atoms with Gasteiger partial charge in [0.05, 0.1) is 11.7 Å². The van der Waals surface area contributed by atoms with Gasteiger partial charge < -0.3 is 10.8 Å². The molecule has 0 bridgehead atoms. The lowest BCUT2D eigenvalue weighted by atomic mass is 10.2. The van der Waals surface area contributed by atoms with Gasteiger partial charge in [0, 0.05) is 22.4 Å². The number of H-pyrrole nitrogens is 1. The molecule has 0 saturated carbocycles. The molecule has 0 atom stereocenters. The summed E-state index contributed by atoms with van der Waals surface area (Å²) in [4.78, 5) is 14.6. The predicted octanol–water partition coefficient (Wildman–Crippen LogP) is 1.20. The normalized spacial score (nSPS) is 11.2. The number of nitrogen functional groups attached to an aromatic ring is 1. The molecule has 3 N–H and O–H groups in total. The van der Waals surface area contributed by atoms with E-state index in [4.69, 9.17) is 5.84 Å². The monoisotopic (exact) mass is 199 g/mol. The summed E-state index contributed by atoms with van der Waals surface area (Å²) in [5, 5.41) is 1.96. The van der Waals surface area contributed by atoms with E-state index in [0.717, 1.165) is 26.5 Å². The van der Waals surface area contributed by atoms with Gasteiger partial charge in [-0.25, -0.2) is 4.68 Å². The number of pyridine rings is 1. The number of para-hydroxylation sites is 1. The molecule has 2 aromatic heterocycles. The van der Waals surface area contributed by atoms with Crippen molar-refractivity contribution < 1.29 is 0 Å². The van der Waals surface area contributed by atoms with Crippen LogP contribution in [0.2, 0.25) is 0 Å². The second kappa shape index (κ2) is 2.63. The number of nitrogens with two attached hydrogens (primary N) is 1. The van der Waals surface area contributed by atoms with Crippen LogP contribution in [0.15, 0.2) is 41.3 Å². The van der Waals surface area contributed by atoms with Gasteiger partial charge in [-0.15, -0.1) is 0 Å². The maximum absolute atomic E-state index is 11.4. The molecule has 2 heterocycles. The van der Waals surface area contributed by atoms with Crippen molar-refractivity contribution in [2.75, 3.05) is 5.84 Å². The molecule has 0 fully saturated rings. The minimum absolute atomic E-state index is 0.202. The van der Waals surface area contributed by atoms with Gasteiger partial charge >= 0.3 is 0 Å². The number of rotatable bonds is 0. The fourth-order valence-corrected chi connectivity index (χ4v) is 1.84. The van der Waals surface area contributed by atoms with Crippen molar-refractivity contribution >= 4 is 21.8 Å². The summed E-state index contributed by atoms with van der Waals surface area (Å²) in [6.45, 7) is 0.